The van der Waals surface area contributed by atoms with Gasteiger partial charge in [-0.05, 0) is 47.9 Å². The zero-order valence-corrected chi connectivity index (χ0v) is 14.6. The predicted molar refractivity (Wildman–Crippen MR) is 104 cm³/mol. The molecule has 0 aliphatic carbocycles. The molecule has 0 saturated carbocycles. The van der Waals surface area contributed by atoms with Gasteiger partial charge in [-0.2, -0.15) is 5.10 Å². The number of carbonyl (C=O) groups excluding carboxylic acids is 1. The molecule has 5 heteroatoms. The molecule has 0 unspecified atom stereocenters. The van der Waals surface area contributed by atoms with Crippen molar-refractivity contribution < 1.29 is 4.79 Å². The first-order valence-electron chi connectivity index (χ1n) is 8.13. The van der Waals surface area contributed by atoms with Gasteiger partial charge in [-0.15, -0.1) is 11.3 Å². The van der Waals surface area contributed by atoms with Crippen LogP contribution < -0.4 is 0 Å². The Labute approximate surface area is 155 Å². The van der Waals surface area contributed by atoms with Crippen molar-refractivity contribution in [3.8, 4) is 16.9 Å². The molecule has 0 atom stereocenters. The molecule has 0 N–H and O–H groups in total. The van der Waals surface area contributed by atoms with Crippen LogP contribution in [0.5, 0.6) is 0 Å². The van der Waals surface area contributed by atoms with E-state index >= 15 is 0 Å². The fraction of sp³-hybridized carbons (Fsp3) is 0. The van der Waals surface area contributed by atoms with Crippen molar-refractivity contribution in [2.45, 2.75) is 0 Å². The second-order valence-corrected chi connectivity index (χ2v) is 6.57. The lowest BCUT2D eigenvalue weighted by atomic mass is 10.1. The topological polar surface area (TPSA) is 47.8 Å². The van der Waals surface area contributed by atoms with Crippen LogP contribution in [0.15, 0.2) is 84.6 Å². The number of hydrogen-bond donors (Lipinski definition) is 0. The van der Waals surface area contributed by atoms with Gasteiger partial charge in [-0.25, -0.2) is 4.68 Å². The Morgan fingerprint density at radius 1 is 1.00 bits per heavy atom. The Hall–Kier alpha value is -3.31. The van der Waals surface area contributed by atoms with Crippen LogP contribution in [0.25, 0.3) is 23.0 Å². The summed E-state index contributed by atoms with van der Waals surface area (Å²) in [5.41, 5.74) is 3.61. The molecule has 3 aromatic heterocycles. The van der Waals surface area contributed by atoms with Crippen molar-refractivity contribution in [1.82, 2.24) is 14.8 Å². The predicted octanol–water partition coefficient (Wildman–Crippen LogP) is 4.89. The number of pyridine rings is 1. The van der Waals surface area contributed by atoms with Crippen LogP contribution in [0.1, 0.15) is 15.2 Å². The molecular formula is C21H15N3OS. The number of aromatic nitrogens is 3. The number of hydrogen-bond acceptors (Lipinski definition) is 4. The highest BCUT2D eigenvalue weighted by atomic mass is 32.1. The molecule has 1 aromatic carbocycles. The first-order chi connectivity index (χ1) is 12.8. The van der Waals surface area contributed by atoms with E-state index in [0.717, 1.165) is 27.4 Å². The number of carbonyl (C=O) groups is 1. The summed E-state index contributed by atoms with van der Waals surface area (Å²) in [4.78, 5) is 17.1. The average molecular weight is 357 g/mol. The minimum atomic E-state index is -0.00635. The molecule has 0 spiro atoms. The molecule has 4 nitrogen and oxygen atoms in total. The lowest BCUT2D eigenvalue weighted by Gasteiger charge is -2.00. The summed E-state index contributed by atoms with van der Waals surface area (Å²) in [6.07, 6.45) is 8.83. The number of ketones is 1. The minimum absolute atomic E-state index is 0.00635. The highest BCUT2D eigenvalue weighted by Crippen LogP contribution is 2.24. The quantitative estimate of drug-likeness (QED) is 0.377. The molecule has 26 heavy (non-hydrogen) atoms. The Morgan fingerprint density at radius 2 is 1.81 bits per heavy atom. The van der Waals surface area contributed by atoms with E-state index in [4.69, 9.17) is 5.10 Å². The third-order valence-electron chi connectivity index (χ3n) is 3.90. The van der Waals surface area contributed by atoms with Gasteiger partial charge in [0.1, 0.15) is 5.69 Å². The monoisotopic (exact) mass is 357 g/mol. The molecule has 0 radical (unpaired) electrons. The van der Waals surface area contributed by atoms with Gasteiger partial charge in [-0.1, -0.05) is 24.3 Å². The maximum Gasteiger partial charge on any atom is 0.195 e. The molecule has 0 amide bonds. The van der Waals surface area contributed by atoms with Crippen LogP contribution >= 0.6 is 11.3 Å². The van der Waals surface area contributed by atoms with Crippen LogP contribution in [-0.2, 0) is 0 Å². The van der Waals surface area contributed by atoms with E-state index in [1.54, 1.807) is 18.5 Å². The number of para-hydroxylation sites is 1. The molecular weight excluding hydrogens is 342 g/mol. The van der Waals surface area contributed by atoms with Crippen LogP contribution in [0.4, 0.5) is 0 Å². The number of nitrogens with zero attached hydrogens (tertiary/aromatic N) is 3. The second-order valence-electron chi connectivity index (χ2n) is 5.62. The fourth-order valence-corrected chi connectivity index (χ4v) is 3.27. The molecule has 0 aliphatic heterocycles. The number of thiophene rings is 1. The van der Waals surface area contributed by atoms with Crippen molar-refractivity contribution >= 4 is 23.2 Å². The summed E-state index contributed by atoms with van der Waals surface area (Å²) in [6.45, 7) is 0. The first kappa shape index (κ1) is 16.2. The van der Waals surface area contributed by atoms with Gasteiger partial charge in [0.15, 0.2) is 5.78 Å². The average Bonchev–Trinajstić information content (AvgIpc) is 3.38. The van der Waals surface area contributed by atoms with Crippen molar-refractivity contribution in [3.63, 3.8) is 0 Å². The highest BCUT2D eigenvalue weighted by molar-refractivity contribution is 7.12. The lowest BCUT2D eigenvalue weighted by Crippen LogP contribution is -1.93. The van der Waals surface area contributed by atoms with E-state index in [2.05, 4.69) is 4.98 Å². The third-order valence-corrected chi connectivity index (χ3v) is 4.78. The van der Waals surface area contributed by atoms with Crippen molar-refractivity contribution in [3.05, 3.63) is 95.1 Å². The van der Waals surface area contributed by atoms with Gasteiger partial charge in [-0.3, -0.25) is 9.78 Å². The Morgan fingerprint density at radius 3 is 2.54 bits per heavy atom. The first-order valence-corrected chi connectivity index (χ1v) is 9.00. The summed E-state index contributed by atoms with van der Waals surface area (Å²) < 4.78 is 1.82. The minimum Gasteiger partial charge on any atom is -0.288 e. The van der Waals surface area contributed by atoms with E-state index in [1.807, 2.05) is 76.9 Å². The summed E-state index contributed by atoms with van der Waals surface area (Å²) in [5, 5.41) is 6.62. The second kappa shape index (κ2) is 7.29. The molecule has 126 valence electrons. The molecule has 0 aliphatic rings. The maximum atomic E-state index is 12.3. The zero-order chi connectivity index (χ0) is 17.8. The van der Waals surface area contributed by atoms with Gasteiger partial charge < -0.3 is 0 Å². The van der Waals surface area contributed by atoms with Crippen LogP contribution in [-0.4, -0.2) is 20.5 Å². The van der Waals surface area contributed by atoms with Gasteiger partial charge >= 0.3 is 0 Å². The summed E-state index contributed by atoms with van der Waals surface area (Å²) >= 11 is 1.44. The summed E-state index contributed by atoms with van der Waals surface area (Å²) in [6, 6.07) is 17.4. The van der Waals surface area contributed by atoms with Crippen LogP contribution in [0, 0.1) is 0 Å². The lowest BCUT2D eigenvalue weighted by molar-refractivity contribution is 0.105. The van der Waals surface area contributed by atoms with Crippen molar-refractivity contribution in [2.75, 3.05) is 0 Å². The van der Waals surface area contributed by atoms with E-state index in [-0.39, 0.29) is 5.78 Å². The van der Waals surface area contributed by atoms with E-state index in [1.165, 1.54) is 11.3 Å². The Kier molecular flexibility index (Phi) is 4.53. The zero-order valence-electron chi connectivity index (χ0n) is 13.8. The SMILES string of the molecule is O=C(/C=C/c1cn(-c2ccccc2)nc1-c1ccncc1)c1cccs1. The van der Waals surface area contributed by atoms with Crippen molar-refractivity contribution in [2.24, 2.45) is 0 Å². The summed E-state index contributed by atoms with van der Waals surface area (Å²) in [7, 11) is 0. The molecule has 0 bridgehead atoms. The fourth-order valence-electron chi connectivity index (χ4n) is 2.62. The molecule has 0 fully saturated rings. The highest BCUT2D eigenvalue weighted by Gasteiger charge is 2.11. The van der Waals surface area contributed by atoms with Crippen LogP contribution in [0.3, 0.4) is 0 Å². The van der Waals surface area contributed by atoms with Gasteiger partial charge in [0.25, 0.3) is 0 Å². The number of allylic oxidation sites excluding steroid dienone is 1. The van der Waals surface area contributed by atoms with Crippen molar-refractivity contribution in [1.29, 1.82) is 0 Å². The standard InChI is InChI=1S/C21H15N3OS/c25-19(20-7-4-14-26-20)9-8-17-15-24(18-5-2-1-3-6-18)23-21(17)16-10-12-22-13-11-16/h1-15H/b9-8+. The van der Waals surface area contributed by atoms with Gasteiger partial charge in [0.2, 0.25) is 0 Å². The third kappa shape index (κ3) is 3.38. The normalized spacial score (nSPS) is 11.1. The van der Waals surface area contributed by atoms with Crippen LogP contribution in [0.2, 0.25) is 0 Å². The molecule has 0 saturated heterocycles. The van der Waals surface area contributed by atoms with E-state index < -0.39 is 0 Å². The maximum absolute atomic E-state index is 12.3. The molecule has 4 aromatic rings. The smallest absolute Gasteiger partial charge is 0.195 e. The summed E-state index contributed by atoms with van der Waals surface area (Å²) in [5.74, 6) is -0.00635. The largest absolute Gasteiger partial charge is 0.288 e. The number of benzene rings is 1. The Bertz CT molecular complexity index is 1040. The molecule has 4 rings (SSSR count). The van der Waals surface area contributed by atoms with E-state index in [0.29, 0.717) is 0 Å². The van der Waals surface area contributed by atoms with Gasteiger partial charge in [0.05, 0.1) is 10.6 Å². The molecule has 3 heterocycles. The number of rotatable bonds is 5. The Balaban J connectivity index is 1.74. The van der Waals surface area contributed by atoms with E-state index in [9.17, 15) is 4.79 Å². The van der Waals surface area contributed by atoms with Gasteiger partial charge in [0, 0.05) is 29.7 Å².